The third kappa shape index (κ3) is 3.14. The minimum absolute atomic E-state index is 0.0794. The van der Waals surface area contributed by atoms with Crippen molar-refractivity contribution >= 4 is 17.2 Å². The molecule has 0 unspecified atom stereocenters. The van der Waals surface area contributed by atoms with Gasteiger partial charge in [-0.05, 0) is 55.0 Å². The molecule has 2 aromatic rings. The lowest BCUT2D eigenvalue weighted by atomic mass is 9.73. The Kier molecular flexibility index (Phi) is 4.10. The van der Waals surface area contributed by atoms with Crippen molar-refractivity contribution in [1.29, 1.82) is 0 Å². The van der Waals surface area contributed by atoms with Crippen LogP contribution in [0.3, 0.4) is 0 Å². The van der Waals surface area contributed by atoms with Crippen molar-refractivity contribution in [1.82, 2.24) is 0 Å². The van der Waals surface area contributed by atoms with E-state index < -0.39 is 6.04 Å². The van der Waals surface area contributed by atoms with E-state index in [-0.39, 0.29) is 17.0 Å². The number of halogens is 1. The van der Waals surface area contributed by atoms with Crippen LogP contribution in [0, 0.1) is 25.1 Å². The first-order valence-corrected chi connectivity index (χ1v) is 9.41. The van der Waals surface area contributed by atoms with Crippen LogP contribution in [0.5, 0.6) is 0 Å². The van der Waals surface area contributed by atoms with Crippen LogP contribution in [0.25, 0.3) is 0 Å². The van der Waals surface area contributed by atoms with E-state index in [1.54, 1.807) is 12.1 Å². The second kappa shape index (κ2) is 6.22. The first-order valence-electron chi connectivity index (χ1n) is 9.41. The predicted molar refractivity (Wildman–Crippen MR) is 107 cm³/mol. The van der Waals surface area contributed by atoms with Crippen LogP contribution >= 0.6 is 0 Å². The van der Waals surface area contributed by atoms with Gasteiger partial charge in [0.1, 0.15) is 5.82 Å². The number of benzene rings is 2. The maximum Gasteiger partial charge on any atom is 0.163 e. The van der Waals surface area contributed by atoms with Gasteiger partial charge in [-0.2, -0.15) is 0 Å². The third-order valence-electron chi connectivity index (χ3n) is 5.64. The number of aryl methyl sites for hydroxylation is 2. The Hall–Kier alpha value is -2.62. The van der Waals surface area contributed by atoms with E-state index in [2.05, 4.69) is 50.5 Å². The van der Waals surface area contributed by atoms with Crippen molar-refractivity contribution in [2.45, 2.75) is 46.6 Å². The van der Waals surface area contributed by atoms with Crippen molar-refractivity contribution in [2.24, 2.45) is 5.41 Å². The van der Waals surface area contributed by atoms with Crippen LogP contribution in [0.1, 0.15) is 49.4 Å². The van der Waals surface area contributed by atoms with Gasteiger partial charge < -0.3 is 10.6 Å². The molecule has 0 radical (unpaired) electrons. The molecule has 0 aromatic heterocycles. The quantitative estimate of drug-likeness (QED) is 0.685. The molecule has 1 aliphatic carbocycles. The van der Waals surface area contributed by atoms with E-state index in [0.29, 0.717) is 17.6 Å². The number of ketones is 1. The summed E-state index contributed by atoms with van der Waals surface area (Å²) < 4.78 is 14.7. The highest BCUT2D eigenvalue weighted by Gasteiger charge is 2.39. The second-order valence-corrected chi connectivity index (χ2v) is 8.54. The van der Waals surface area contributed by atoms with Gasteiger partial charge in [-0.25, -0.2) is 4.39 Å². The molecule has 27 heavy (non-hydrogen) atoms. The smallest absolute Gasteiger partial charge is 0.163 e. The third-order valence-corrected chi connectivity index (χ3v) is 5.64. The molecule has 2 N–H and O–H groups in total. The van der Waals surface area contributed by atoms with E-state index in [1.165, 1.54) is 11.6 Å². The molecular formula is C23H25FN2O. The summed E-state index contributed by atoms with van der Waals surface area (Å²) in [6, 6.07) is 10.4. The van der Waals surface area contributed by atoms with Crippen molar-refractivity contribution in [3.63, 3.8) is 0 Å². The average Bonchev–Trinajstić information content (AvgIpc) is 2.71. The lowest BCUT2D eigenvalue weighted by Gasteiger charge is -2.34. The molecule has 1 aliphatic heterocycles. The maximum absolute atomic E-state index is 14.7. The van der Waals surface area contributed by atoms with E-state index in [9.17, 15) is 9.18 Å². The van der Waals surface area contributed by atoms with Crippen molar-refractivity contribution < 1.29 is 9.18 Å². The topological polar surface area (TPSA) is 41.1 Å². The monoisotopic (exact) mass is 364 g/mol. The van der Waals surface area contributed by atoms with Gasteiger partial charge in [0.2, 0.25) is 0 Å². The fourth-order valence-corrected chi connectivity index (χ4v) is 4.15. The maximum atomic E-state index is 14.7. The van der Waals surface area contributed by atoms with Gasteiger partial charge in [0.05, 0.1) is 17.4 Å². The van der Waals surface area contributed by atoms with E-state index >= 15 is 0 Å². The van der Waals surface area contributed by atoms with Crippen molar-refractivity contribution in [3.8, 4) is 0 Å². The Morgan fingerprint density at radius 2 is 1.70 bits per heavy atom. The summed E-state index contributed by atoms with van der Waals surface area (Å²) in [4.78, 5) is 13.1. The van der Waals surface area contributed by atoms with E-state index in [4.69, 9.17) is 0 Å². The lowest BCUT2D eigenvalue weighted by Crippen LogP contribution is -2.31. The van der Waals surface area contributed by atoms with Crippen LogP contribution in [0.2, 0.25) is 0 Å². The molecule has 0 saturated carbocycles. The van der Waals surface area contributed by atoms with Crippen LogP contribution in [0.15, 0.2) is 47.7 Å². The normalized spacial score (nSPS) is 20.9. The van der Waals surface area contributed by atoms with Crippen LogP contribution < -0.4 is 10.6 Å². The zero-order valence-electron chi connectivity index (χ0n) is 16.2. The van der Waals surface area contributed by atoms with Crippen molar-refractivity contribution in [2.75, 3.05) is 10.6 Å². The molecule has 0 bridgehead atoms. The fraction of sp³-hybridized carbons (Fsp3) is 0.348. The molecule has 2 aliphatic rings. The van der Waals surface area contributed by atoms with Gasteiger partial charge in [0.25, 0.3) is 0 Å². The Balaban J connectivity index is 1.93. The van der Waals surface area contributed by atoms with Gasteiger partial charge in [-0.15, -0.1) is 0 Å². The zero-order chi connectivity index (χ0) is 19.3. The standard InChI is InChI=1S/C23H25FN2O/c1-13-9-17-18(10-14(13)2)26-22(15-7-5-6-8-16(15)24)21-19(25-17)11-23(3,4)12-20(21)27/h5-10,22,25-26H,11-12H2,1-4H3/t22-/m1/s1. The number of nitrogens with one attached hydrogen (secondary N) is 2. The molecule has 2 aromatic carbocycles. The summed E-state index contributed by atoms with van der Waals surface area (Å²) in [6.07, 6.45) is 1.22. The molecule has 0 spiro atoms. The summed E-state index contributed by atoms with van der Waals surface area (Å²) in [5, 5.41) is 6.97. The molecule has 0 saturated heterocycles. The summed E-state index contributed by atoms with van der Waals surface area (Å²) in [6.45, 7) is 8.34. The largest absolute Gasteiger partial charge is 0.372 e. The summed E-state index contributed by atoms with van der Waals surface area (Å²) in [5.74, 6) is -0.220. The molecule has 0 fully saturated rings. The number of carbonyl (C=O) groups is 1. The number of anilines is 2. The number of carbonyl (C=O) groups excluding carboxylic acids is 1. The molecular weight excluding hydrogens is 339 g/mol. The summed E-state index contributed by atoms with van der Waals surface area (Å²) >= 11 is 0. The molecule has 140 valence electrons. The SMILES string of the molecule is Cc1cc2c(cc1C)N[C@H](c1ccccc1F)C1=C(CC(C)(C)CC1=O)N2. The molecule has 4 heteroatoms. The van der Waals surface area contributed by atoms with Crippen LogP contribution in [-0.4, -0.2) is 5.78 Å². The first-order chi connectivity index (χ1) is 12.7. The molecule has 3 nitrogen and oxygen atoms in total. The Morgan fingerprint density at radius 1 is 1.04 bits per heavy atom. The molecule has 0 amide bonds. The van der Waals surface area contributed by atoms with Gasteiger partial charge in [0.15, 0.2) is 5.78 Å². The number of fused-ring (bicyclic) bond motifs is 1. The Morgan fingerprint density at radius 3 is 2.41 bits per heavy atom. The van der Waals surface area contributed by atoms with Gasteiger partial charge >= 0.3 is 0 Å². The number of hydrogen-bond acceptors (Lipinski definition) is 3. The molecule has 1 atom stereocenters. The number of allylic oxidation sites excluding steroid dienone is 1. The average molecular weight is 364 g/mol. The van der Waals surface area contributed by atoms with Gasteiger partial charge in [-0.1, -0.05) is 32.0 Å². The Labute approximate surface area is 159 Å². The second-order valence-electron chi connectivity index (χ2n) is 8.54. The minimum atomic E-state index is -0.499. The minimum Gasteiger partial charge on any atom is -0.372 e. The zero-order valence-corrected chi connectivity index (χ0v) is 16.2. The highest BCUT2D eigenvalue weighted by atomic mass is 19.1. The summed E-state index contributed by atoms with van der Waals surface area (Å²) in [5.41, 5.74) is 6.11. The highest BCUT2D eigenvalue weighted by molar-refractivity contribution is 6.01. The lowest BCUT2D eigenvalue weighted by molar-refractivity contribution is -0.118. The van der Waals surface area contributed by atoms with Crippen molar-refractivity contribution in [3.05, 3.63) is 70.2 Å². The van der Waals surface area contributed by atoms with Gasteiger partial charge in [0, 0.05) is 23.3 Å². The number of hydrogen-bond donors (Lipinski definition) is 2. The number of Topliss-reactive ketones (excluding diaryl/α,β-unsaturated/α-hetero) is 1. The fourth-order valence-electron chi connectivity index (χ4n) is 4.15. The molecule has 1 heterocycles. The van der Waals surface area contributed by atoms with Gasteiger partial charge in [-0.3, -0.25) is 4.79 Å². The molecule has 4 rings (SSSR count). The Bertz CT molecular complexity index is 974. The highest BCUT2D eigenvalue weighted by Crippen LogP contribution is 2.46. The predicted octanol–water partition coefficient (Wildman–Crippen LogP) is 5.66. The van der Waals surface area contributed by atoms with Crippen LogP contribution in [0.4, 0.5) is 15.8 Å². The summed E-state index contributed by atoms with van der Waals surface area (Å²) in [7, 11) is 0. The van der Waals surface area contributed by atoms with E-state index in [1.807, 2.05) is 6.07 Å². The van der Waals surface area contributed by atoms with Crippen LogP contribution in [-0.2, 0) is 4.79 Å². The number of rotatable bonds is 1. The first kappa shape index (κ1) is 17.8. The van der Waals surface area contributed by atoms with E-state index in [0.717, 1.165) is 29.1 Å².